The first kappa shape index (κ1) is 20.6. The highest BCUT2D eigenvalue weighted by Crippen LogP contribution is 2.33. The molecule has 1 fully saturated rings. The molecule has 2 aromatic rings. The number of sulfonamides is 1. The van der Waals surface area contributed by atoms with Crippen molar-refractivity contribution in [2.45, 2.75) is 37.0 Å². The third kappa shape index (κ3) is 4.11. The minimum absolute atomic E-state index is 0.0719. The van der Waals surface area contributed by atoms with E-state index in [1.165, 1.54) is 16.4 Å². The van der Waals surface area contributed by atoms with Crippen LogP contribution < -0.4 is 10.6 Å². The van der Waals surface area contributed by atoms with Crippen LogP contribution in [0, 0.1) is 5.92 Å². The third-order valence-electron chi connectivity index (χ3n) is 5.70. The molecule has 30 heavy (non-hydrogen) atoms. The second-order valence-corrected chi connectivity index (χ2v) is 9.95. The van der Waals surface area contributed by atoms with Crippen LogP contribution in [0.25, 0.3) is 0 Å². The van der Waals surface area contributed by atoms with Gasteiger partial charge >= 0.3 is 0 Å². The Morgan fingerprint density at radius 2 is 1.87 bits per heavy atom. The van der Waals surface area contributed by atoms with Gasteiger partial charge in [0.15, 0.2) is 0 Å². The molecule has 158 valence electrons. The number of fused-ring (bicyclic) bond motifs is 1. The monoisotopic (exact) mass is 427 g/mol. The highest BCUT2D eigenvalue weighted by molar-refractivity contribution is 7.89. The molecule has 4 rings (SSSR count). The fourth-order valence-electron chi connectivity index (χ4n) is 4.10. The quantitative estimate of drug-likeness (QED) is 0.783. The lowest BCUT2D eigenvalue weighted by molar-refractivity contribution is -0.123. The summed E-state index contributed by atoms with van der Waals surface area (Å²) < 4.78 is 27.3. The number of carbonyl (C=O) groups excluding carboxylic acids is 2. The van der Waals surface area contributed by atoms with Crippen LogP contribution in [0.5, 0.6) is 0 Å². The number of anilines is 2. The van der Waals surface area contributed by atoms with E-state index in [4.69, 9.17) is 0 Å². The Hall–Kier alpha value is -2.71. The summed E-state index contributed by atoms with van der Waals surface area (Å²) >= 11 is 0. The van der Waals surface area contributed by atoms with Gasteiger partial charge in [0.05, 0.1) is 10.8 Å². The molecule has 0 aromatic heterocycles. The molecular formula is C22H25N3O4S. The number of hydrogen-bond donors (Lipinski definition) is 2. The van der Waals surface area contributed by atoms with Gasteiger partial charge in [0.1, 0.15) is 0 Å². The van der Waals surface area contributed by atoms with Gasteiger partial charge in [0, 0.05) is 30.9 Å². The number of nitrogens with one attached hydrogen (secondary N) is 2. The molecule has 2 N–H and O–H groups in total. The zero-order chi connectivity index (χ0) is 21.3. The smallest absolute Gasteiger partial charge is 0.243 e. The highest BCUT2D eigenvalue weighted by Gasteiger charge is 2.31. The molecule has 2 heterocycles. The van der Waals surface area contributed by atoms with Crippen LogP contribution in [0.15, 0.2) is 53.4 Å². The Balaban J connectivity index is 1.49. The number of benzene rings is 2. The Morgan fingerprint density at radius 3 is 2.60 bits per heavy atom. The van der Waals surface area contributed by atoms with Gasteiger partial charge in [-0.1, -0.05) is 25.1 Å². The number of nitrogens with zero attached hydrogens (tertiary/aromatic N) is 1. The normalized spacial score (nSPS) is 22.1. The Morgan fingerprint density at radius 1 is 1.13 bits per heavy atom. The number of hydrogen-bond acceptors (Lipinski definition) is 4. The molecule has 0 aliphatic carbocycles. The van der Waals surface area contributed by atoms with Crippen molar-refractivity contribution in [3.63, 3.8) is 0 Å². The van der Waals surface area contributed by atoms with E-state index in [1.807, 2.05) is 18.2 Å². The molecule has 0 spiro atoms. The maximum Gasteiger partial charge on any atom is 0.243 e. The SMILES string of the molecule is CC1CCCN(S(=O)(=O)c2ccc(NC(=O)C3CC(=O)Nc4ccccc43)cc2)C1. The summed E-state index contributed by atoms with van der Waals surface area (Å²) in [7, 11) is -3.54. The van der Waals surface area contributed by atoms with Gasteiger partial charge in [0.25, 0.3) is 0 Å². The van der Waals surface area contributed by atoms with E-state index in [2.05, 4.69) is 17.6 Å². The van der Waals surface area contributed by atoms with Crippen LogP contribution in [0.4, 0.5) is 11.4 Å². The van der Waals surface area contributed by atoms with Gasteiger partial charge in [-0.15, -0.1) is 0 Å². The zero-order valence-electron chi connectivity index (χ0n) is 16.8. The number of rotatable bonds is 4. The van der Waals surface area contributed by atoms with E-state index in [0.717, 1.165) is 18.4 Å². The summed E-state index contributed by atoms with van der Waals surface area (Å²) in [6.45, 7) is 3.13. The number of piperidine rings is 1. The van der Waals surface area contributed by atoms with Gasteiger partial charge < -0.3 is 10.6 Å². The third-order valence-corrected chi connectivity index (χ3v) is 7.58. The van der Waals surface area contributed by atoms with Crippen molar-refractivity contribution in [1.29, 1.82) is 0 Å². The Bertz CT molecular complexity index is 1070. The van der Waals surface area contributed by atoms with Crippen LogP contribution in [0.2, 0.25) is 0 Å². The van der Waals surface area contributed by atoms with Crippen LogP contribution >= 0.6 is 0 Å². The summed E-state index contributed by atoms with van der Waals surface area (Å²) in [5.74, 6) is -0.736. The van der Waals surface area contributed by atoms with Gasteiger partial charge in [-0.3, -0.25) is 9.59 Å². The van der Waals surface area contributed by atoms with Crippen LogP contribution in [0.1, 0.15) is 37.7 Å². The molecule has 0 bridgehead atoms. The molecular weight excluding hydrogens is 402 g/mol. The first-order valence-electron chi connectivity index (χ1n) is 10.1. The molecule has 2 atom stereocenters. The van der Waals surface area contributed by atoms with E-state index in [-0.39, 0.29) is 23.1 Å². The van der Waals surface area contributed by atoms with Crippen LogP contribution in [-0.2, 0) is 19.6 Å². The maximum atomic E-state index is 12.9. The Labute approximate surface area is 176 Å². The molecule has 2 amide bonds. The largest absolute Gasteiger partial charge is 0.326 e. The molecule has 0 radical (unpaired) electrons. The van der Waals surface area contributed by atoms with Gasteiger partial charge in [-0.2, -0.15) is 4.31 Å². The van der Waals surface area contributed by atoms with Crippen molar-refractivity contribution >= 4 is 33.2 Å². The van der Waals surface area contributed by atoms with E-state index >= 15 is 0 Å². The molecule has 2 aliphatic heterocycles. The summed E-state index contributed by atoms with van der Waals surface area (Å²) in [6, 6.07) is 13.5. The summed E-state index contributed by atoms with van der Waals surface area (Å²) in [6.07, 6.45) is 1.98. The lowest BCUT2D eigenvalue weighted by atomic mass is 9.90. The second-order valence-electron chi connectivity index (χ2n) is 8.02. The first-order valence-corrected chi connectivity index (χ1v) is 11.6. The lowest BCUT2D eigenvalue weighted by Gasteiger charge is -2.30. The summed E-state index contributed by atoms with van der Waals surface area (Å²) in [5, 5.41) is 5.59. The average molecular weight is 428 g/mol. The fourth-order valence-corrected chi connectivity index (χ4v) is 5.70. The molecule has 2 aromatic carbocycles. The van der Waals surface area contributed by atoms with E-state index in [1.54, 1.807) is 18.2 Å². The number of carbonyl (C=O) groups is 2. The lowest BCUT2D eigenvalue weighted by Crippen LogP contribution is -2.39. The zero-order valence-corrected chi connectivity index (χ0v) is 17.6. The topological polar surface area (TPSA) is 95.6 Å². The van der Waals surface area contributed by atoms with Crippen molar-refractivity contribution in [3.05, 3.63) is 54.1 Å². The van der Waals surface area contributed by atoms with Crippen LogP contribution in [0.3, 0.4) is 0 Å². The number of para-hydroxylation sites is 1. The fraction of sp³-hybridized carbons (Fsp3) is 0.364. The molecule has 1 saturated heterocycles. The minimum Gasteiger partial charge on any atom is -0.326 e. The van der Waals surface area contributed by atoms with E-state index in [0.29, 0.717) is 30.4 Å². The van der Waals surface area contributed by atoms with Crippen LogP contribution in [-0.4, -0.2) is 37.6 Å². The predicted molar refractivity (Wildman–Crippen MR) is 115 cm³/mol. The maximum absolute atomic E-state index is 12.9. The Kier molecular flexibility index (Phi) is 5.62. The number of amides is 2. The van der Waals surface area contributed by atoms with Crippen molar-refractivity contribution in [2.24, 2.45) is 5.92 Å². The second kappa shape index (κ2) is 8.20. The van der Waals surface area contributed by atoms with Crippen molar-refractivity contribution in [2.75, 3.05) is 23.7 Å². The summed E-state index contributed by atoms with van der Waals surface area (Å²) in [4.78, 5) is 25.0. The first-order chi connectivity index (χ1) is 14.3. The predicted octanol–water partition coefficient (Wildman–Crippen LogP) is 3.17. The van der Waals surface area contributed by atoms with Crippen molar-refractivity contribution < 1.29 is 18.0 Å². The van der Waals surface area contributed by atoms with Crippen molar-refractivity contribution in [3.8, 4) is 0 Å². The molecule has 0 saturated carbocycles. The van der Waals surface area contributed by atoms with Gasteiger partial charge in [-0.25, -0.2) is 8.42 Å². The van der Waals surface area contributed by atoms with Crippen molar-refractivity contribution in [1.82, 2.24) is 4.31 Å². The molecule has 7 nitrogen and oxygen atoms in total. The summed E-state index contributed by atoms with van der Waals surface area (Å²) in [5.41, 5.74) is 1.91. The van der Waals surface area contributed by atoms with Gasteiger partial charge in [-0.05, 0) is 54.7 Å². The standard InChI is InChI=1S/C22H25N3O4S/c1-15-5-4-12-25(14-15)30(28,29)17-10-8-16(9-11-17)23-22(27)19-13-21(26)24-20-7-3-2-6-18(19)20/h2-3,6-11,15,19H,4-5,12-14H2,1H3,(H,23,27)(H,24,26). The van der Waals surface area contributed by atoms with Gasteiger partial charge in [0.2, 0.25) is 21.8 Å². The molecule has 8 heteroatoms. The average Bonchev–Trinajstić information content (AvgIpc) is 2.73. The van der Waals surface area contributed by atoms with E-state index < -0.39 is 15.9 Å². The van der Waals surface area contributed by atoms with E-state index in [9.17, 15) is 18.0 Å². The molecule has 2 aliphatic rings. The minimum atomic E-state index is -3.54. The highest BCUT2D eigenvalue weighted by atomic mass is 32.2. The molecule has 2 unspecified atom stereocenters.